The van der Waals surface area contributed by atoms with E-state index >= 15 is 0 Å². The molecule has 0 bridgehead atoms. The molecule has 0 saturated heterocycles. The molecular weight excluding hydrogens is 216 g/mol. The Bertz CT molecular complexity index is 308. The van der Waals surface area contributed by atoms with Crippen LogP contribution in [0.15, 0.2) is 24.3 Å². The van der Waals surface area contributed by atoms with E-state index in [9.17, 15) is 0 Å². The van der Waals surface area contributed by atoms with Gasteiger partial charge in [0.1, 0.15) is 0 Å². The number of hydrogen-bond donors (Lipinski definition) is 2. The van der Waals surface area contributed by atoms with E-state index in [4.69, 9.17) is 9.47 Å². The normalized spacial score (nSPS) is 11.2. The summed E-state index contributed by atoms with van der Waals surface area (Å²) >= 11 is 0. The summed E-state index contributed by atoms with van der Waals surface area (Å²) < 4.78 is 10.1. The van der Waals surface area contributed by atoms with Crippen LogP contribution in [0.4, 0.5) is 5.69 Å². The molecule has 0 aromatic heterocycles. The highest BCUT2D eigenvalue weighted by Gasteiger charge is 2.03. The van der Waals surface area contributed by atoms with Crippen molar-refractivity contribution in [2.75, 3.05) is 26.2 Å². The molecule has 0 radical (unpaired) electrons. The quantitative estimate of drug-likeness (QED) is 0.565. The predicted octanol–water partition coefficient (Wildman–Crippen LogP) is 2.35. The Hall–Kier alpha value is -1.10. The zero-order valence-corrected chi connectivity index (χ0v) is 11.0. The second kappa shape index (κ2) is 7.27. The van der Waals surface area contributed by atoms with Gasteiger partial charge in [-0.1, -0.05) is 26.0 Å². The van der Waals surface area contributed by atoms with Gasteiger partial charge in [-0.2, -0.15) is 0 Å². The summed E-state index contributed by atoms with van der Waals surface area (Å²) in [6, 6.07) is 8.35. The van der Waals surface area contributed by atoms with Gasteiger partial charge >= 0.3 is 0 Å². The Kier molecular flexibility index (Phi) is 5.97. The van der Waals surface area contributed by atoms with Crippen LogP contribution in [0.3, 0.4) is 0 Å². The second-order valence-corrected chi connectivity index (χ2v) is 4.18. The van der Waals surface area contributed by atoms with Gasteiger partial charge < -0.3 is 14.9 Å². The molecule has 17 heavy (non-hydrogen) atoms. The third kappa shape index (κ3) is 4.73. The van der Waals surface area contributed by atoms with Crippen LogP contribution in [0, 0.1) is 0 Å². The van der Waals surface area contributed by atoms with Gasteiger partial charge in [0.2, 0.25) is 0 Å². The molecule has 1 aromatic rings. The molecule has 0 aliphatic heterocycles. The van der Waals surface area contributed by atoms with Crippen molar-refractivity contribution in [1.29, 1.82) is 0 Å². The van der Waals surface area contributed by atoms with Crippen LogP contribution in [-0.2, 0) is 9.47 Å². The molecule has 0 spiro atoms. The standard InChI is InChI=1S/C13H22N2O2/c1-10(2)11-5-7-12(8-6-11)15-14-9-13(16-3)17-4/h5-8,10,13-15H,9H2,1-4H3. The van der Waals surface area contributed by atoms with E-state index < -0.39 is 0 Å². The number of nitrogens with one attached hydrogen (secondary N) is 2. The number of hydrazine groups is 1. The highest BCUT2D eigenvalue weighted by Crippen LogP contribution is 2.16. The average Bonchev–Trinajstić information content (AvgIpc) is 2.35. The lowest BCUT2D eigenvalue weighted by Crippen LogP contribution is -2.33. The van der Waals surface area contributed by atoms with Crippen LogP contribution >= 0.6 is 0 Å². The Balaban J connectivity index is 2.37. The van der Waals surface area contributed by atoms with E-state index in [1.807, 2.05) is 0 Å². The molecule has 0 atom stereocenters. The van der Waals surface area contributed by atoms with E-state index in [0.29, 0.717) is 12.5 Å². The first-order valence-electron chi connectivity index (χ1n) is 5.81. The third-order valence-corrected chi connectivity index (χ3v) is 2.60. The molecule has 0 unspecified atom stereocenters. The molecule has 0 aliphatic carbocycles. The number of anilines is 1. The van der Waals surface area contributed by atoms with Gasteiger partial charge in [-0.05, 0) is 23.6 Å². The molecule has 0 fully saturated rings. The molecule has 0 amide bonds. The molecule has 1 rings (SSSR count). The molecule has 0 aliphatic rings. The maximum Gasteiger partial charge on any atom is 0.170 e. The fourth-order valence-electron chi connectivity index (χ4n) is 1.45. The monoisotopic (exact) mass is 238 g/mol. The fourth-order valence-corrected chi connectivity index (χ4v) is 1.45. The summed E-state index contributed by atoms with van der Waals surface area (Å²) in [5.41, 5.74) is 8.52. The van der Waals surface area contributed by atoms with Crippen LogP contribution in [0.5, 0.6) is 0 Å². The number of benzene rings is 1. The Morgan fingerprint density at radius 2 is 1.65 bits per heavy atom. The molecule has 0 saturated carbocycles. The van der Waals surface area contributed by atoms with Gasteiger partial charge in [-0.3, -0.25) is 0 Å². The Labute approximate surface area is 103 Å². The second-order valence-electron chi connectivity index (χ2n) is 4.18. The highest BCUT2D eigenvalue weighted by molar-refractivity contribution is 5.44. The molecule has 4 heteroatoms. The summed E-state index contributed by atoms with van der Waals surface area (Å²) in [5.74, 6) is 0.559. The summed E-state index contributed by atoms with van der Waals surface area (Å²) in [4.78, 5) is 0. The van der Waals surface area contributed by atoms with Gasteiger partial charge in [-0.25, -0.2) is 5.43 Å². The minimum atomic E-state index is -0.238. The lowest BCUT2D eigenvalue weighted by atomic mass is 10.0. The first kappa shape index (κ1) is 14.0. The lowest BCUT2D eigenvalue weighted by Gasteiger charge is -2.15. The number of rotatable bonds is 7. The molecule has 0 heterocycles. The first-order chi connectivity index (χ1) is 8.17. The van der Waals surface area contributed by atoms with Crippen molar-refractivity contribution < 1.29 is 9.47 Å². The lowest BCUT2D eigenvalue weighted by molar-refractivity contribution is -0.0978. The number of hydrogen-bond acceptors (Lipinski definition) is 4. The fraction of sp³-hybridized carbons (Fsp3) is 0.538. The summed E-state index contributed by atoms with van der Waals surface area (Å²) in [5, 5.41) is 0. The minimum Gasteiger partial charge on any atom is -0.354 e. The summed E-state index contributed by atoms with van der Waals surface area (Å²) in [6.45, 7) is 4.95. The number of methoxy groups -OCH3 is 2. The maximum atomic E-state index is 5.06. The van der Waals surface area contributed by atoms with Gasteiger partial charge in [0.25, 0.3) is 0 Å². The van der Waals surface area contributed by atoms with Crippen molar-refractivity contribution in [1.82, 2.24) is 5.43 Å². The van der Waals surface area contributed by atoms with Crippen molar-refractivity contribution in [3.8, 4) is 0 Å². The average molecular weight is 238 g/mol. The zero-order chi connectivity index (χ0) is 12.7. The van der Waals surface area contributed by atoms with E-state index in [-0.39, 0.29) is 6.29 Å². The van der Waals surface area contributed by atoms with Crippen LogP contribution in [0.25, 0.3) is 0 Å². The largest absolute Gasteiger partial charge is 0.354 e. The summed E-state index contributed by atoms with van der Waals surface area (Å²) in [7, 11) is 3.24. The first-order valence-corrected chi connectivity index (χ1v) is 5.81. The van der Waals surface area contributed by atoms with Crippen molar-refractivity contribution in [3.63, 3.8) is 0 Å². The van der Waals surface area contributed by atoms with E-state index in [0.717, 1.165) is 5.69 Å². The van der Waals surface area contributed by atoms with Crippen molar-refractivity contribution in [3.05, 3.63) is 29.8 Å². The van der Waals surface area contributed by atoms with Crippen molar-refractivity contribution in [2.24, 2.45) is 0 Å². The molecule has 1 aromatic carbocycles. The van der Waals surface area contributed by atoms with Gasteiger partial charge in [0.05, 0.1) is 6.54 Å². The molecule has 96 valence electrons. The molecule has 2 N–H and O–H groups in total. The zero-order valence-electron chi connectivity index (χ0n) is 11.0. The smallest absolute Gasteiger partial charge is 0.170 e. The number of ether oxygens (including phenoxy) is 2. The maximum absolute atomic E-state index is 5.06. The van der Waals surface area contributed by atoms with E-state index in [1.165, 1.54) is 5.56 Å². The van der Waals surface area contributed by atoms with Crippen molar-refractivity contribution >= 4 is 5.69 Å². The van der Waals surface area contributed by atoms with E-state index in [1.54, 1.807) is 14.2 Å². The van der Waals surface area contributed by atoms with Crippen LogP contribution in [-0.4, -0.2) is 27.1 Å². The van der Waals surface area contributed by atoms with Crippen LogP contribution in [0.2, 0.25) is 0 Å². The minimum absolute atomic E-state index is 0.238. The topological polar surface area (TPSA) is 42.5 Å². The van der Waals surface area contributed by atoms with E-state index in [2.05, 4.69) is 49.0 Å². The SMILES string of the molecule is COC(CNNc1ccc(C(C)C)cc1)OC. The third-order valence-electron chi connectivity index (χ3n) is 2.60. The van der Waals surface area contributed by atoms with Crippen LogP contribution < -0.4 is 10.9 Å². The van der Waals surface area contributed by atoms with Crippen LogP contribution in [0.1, 0.15) is 25.3 Å². The highest BCUT2D eigenvalue weighted by atomic mass is 16.7. The summed E-state index contributed by atoms with van der Waals surface area (Å²) in [6.07, 6.45) is -0.238. The Morgan fingerprint density at radius 1 is 1.06 bits per heavy atom. The van der Waals surface area contributed by atoms with Gasteiger partial charge in [0, 0.05) is 19.9 Å². The van der Waals surface area contributed by atoms with Gasteiger partial charge in [-0.15, -0.1) is 0 Å². The van der Waals surface area contributed by atoms with Gasteiger partial charge in [0.15, 0.2) is 6.29 Å². The molecule has 4 nitrogen and oxygen atoms in total. The van der Waals surface area contributed by atoms with Crippen molar-refractivity contribution in [2.45, 2.75) is 26.1 Å². The Morgan fingerprint density at radius 3 is 2.12 bits per heavy atom. The predicted molar refractivity (Wildman–Crippen MR) is 70.0 cm³/mol. The molecular formula is C13H22N2O2.